The van der Waals surface area contributed by atoms with Crippen LogP contribution in [0.5, 0.6) is 0 Å². The summed E-state index contributed by atoms with van der Waals surface area (Å²) in [5.41, 5.74) is 3.23. The van der Waals surface area contributed by atoms with E-state index in [1.165, 1.54) is 16.0 Å². The Labute approximate surface area is 142 Å². The van der Waals surface area contributed by atoms with Crippen molar-refractivity contribution in [2.24, 2.45) is 5.92 Å². The smallest absolute Gasteiger partial charge is 0.417 e. The number of carbonyl (C=O) groups is 2. The molecule has 0 saturated carbocycles. The fraction of sp³-hybridized carbons (Fsp3) is 0.500. The van der Waals surface area contributed by atoms with Gasteiger partial charge in [0.1, 0.15) is 0 Å². The molecule has 3 atom stereocenters. The van der Waals surface area contributed by atoms with E-state index < -0.39 is 6.09 Å². The molecule has 126 valence electrons. The van der Waals surface area contributed by atoms with Gasteiger partial charge in [-0.3, -0.25) is 4.79 Å². The maximum atomic E-state index is 13.1. The molecule has 0 bridgehead atoms. The summed E-state index contributed by atoms with van der Waals surface area (Å²) in [5, 5.41) is 0. The maximum absolute atomic E-state index is 13.1. The lowest BCUT2D eigenvalue weighted by molar-refractivity contribution is -0.134. The van der Waals surface area contributed by atoms with Crippen molar-refractivity contribution in [3.63, 3.8) is 0 Å². The van der Waals surface area contributed by atoms with E-state index in [1.807, 2.05) is 18.2 Å². The molecule has 4 rings (SSSR count). The van der Waals surface area contributed by atoms with Crippen molar-refractivity contribution in [2.75, 3.05) is 0 Å². The second kappa shape index (κ2) is 5.20. The summed E-state index contributed by atoms with van der Waals surface area (Å²) >= 11 is 0. The van der Waals surface area contributed by atoms with E-state index in [-0.39, 0.29) is 29.4 Å². The minimum atomic E-state index is -0.483. The predicted octanol–water partition coefficient (Wildman–Crippen LogP) is 4.11. The lowest BCUT2D eigenvalue weighted by Gasteiger charge is -2.33. The van der Waals surface area contributed by atoms with Crippen LogP contribution in [0.2, 0.25) is 0 Å². The lowest BCUT2D eigenvalue weighted by atomic mass is 9.81. The molecule has 1 aromatic rings. The number of amides is 2. The molecule has 2 aliphatic carbocycles. The van der Waals surface area contributed by atoms with Crippen molar-refractivity contribution >= 4 is 12.0 Å². The van der Waals surface area contributed by atoms with E-state index in [0.717, 1.165) is 24.8 Å². The van der Waals surface area contributed by atoms with E-state index >= 15 is 0 Å². The molecule has 24 heavy (non-hydrogen) atoms. The van der Waals surface area contributed by atoms with Crippen LogP contribution < -0.4 is 0 Å². The standard InChI is InChI=1S/C20H23NO3/c1-12-8-10-13(11-9-12)18(22)21-17-16(24-19(21)23)14-6-4-5-7-15(14)20(17,2)3/h4-8,13,16-17H,9-11H2,1-3H3/t13-,16+,17+/m0/s1. The highest BCUT2D eigenvalue weighted by atomic mass is 16.6. The van der Waals surface area contributed by atoms with Crippen LogP contribution in [0, 0.1) is 5.92 Å². The van der Waals surface area contributed by atoms with Crippen LogP contribution in [0.4, 0.5) is 4.79 Å². The average molecular weight is 325 g/mol. The van der Waals surface area contributed by atoms with Gasteiger partial charge in [0.2, 0.25) is 5.91 Å². The zero-order valence-corrected chi connectivity index (χ0v) is 14.4. The van der Waals surface area contributed by atoms with Crippen LogP contribution in [0.15, 0.2) is 35.9 Å². The normalized spacial score (nSPS) is 30.5. The van der Waals surface area contributed by atoms with Gasteiger partial charge in [-0.25, -0.2) is 9.69 Å². The van der Waals surface area contributed by atoms with Gasteiger partial charge in [0.25, 0.3) is 0 Å². The summed E-state index contributed by atoms with van der Waals surface area (Å²) in [6.45, 7) is 6.30. The fourth-order valence-corrected chi connectivity index (χ4v) is 4.52. The highest BCUT2D eigenvalue weighted by Crippen LogP contribution is 2.52. The number of ether oxygens (including phenoxy) is 1. The van der Waals surface area contributed by atoms with E-state index in [0.29, 0.717) is 0 Å². The van der Waals surface area contributed by atoms with Gasteiger partial charge in [-0.2, -0.15) is 0 Å². The number of fused-ring (bicyclic) bond motifs is 3. The molecular formula is C20H23NO3. The van der Waals surface area contributed by atoms with Gasteiger partial charge in [-0.05, 0) is 37.3 Å². The van der Waals surface area contributed by atoms with Crippen LogP contribution in [0.1, 0.15) is 57.3 Å². The Morgan fingerprint density at radius 1 is 1.29 bits per heavy atom. The third kappa shape index (κ3) is 2.05. The second-order valence-electron chi connectivity index (χ2n) is 7.79. The first-order valence-electron chi connectivity index (χ1n) is 8.70. The molecule has 1 aromatic carbocycles. The highest BCUT2D eigenvalue weighted by Gasteiger charge is 2.59. The Morgan fingerprint density at radius 3 is 2.75 bits per heavy atom. The molecule has 1 saturated heterocycles. The Bertz CT molecular complexity index is 749. The SMILES string of the molecule is CC1=CC[C@H](C(=O)N2C(=O)O[C@@H]3c4ccccc4C(C)(C)[C@@H]32)CC1. The second-order valence-corrected chi connectivity index (χ2v) is 7.79. The number of imide groups is 1. The van der Waals surface area contributed by atoms with Crippen LogP contribution in [-0.2, 0) is 14.9 Å². The van der Waals surface area contributed by atoms with Gasteiger partial charge in [-0.1, -0.05) is 49.8 Å². The highest BCUT2D eigenvalue weighted by molar-refractivity contribution is 5.96. The van der Waals surface area contributed by atoms with Crippen molar-refractivity contribution in [2.45, 2.75) is 57.6 Å². The van der Waals surface area contributed by atoms with Gasteiger partial charge in [0, 0.05) is 11.3 Å². The largest absolute Gasteiger partial charge is 0.439 e. The Kier molecular flexibility index (Phi) is 3.34. The molecule has 0 radical (unpaired) electrons. The molecule has 4 nitrogen and oxygen atoms in total. The Hall–Kier alpha value is -2.10. The summed E-state index contributed by atoms with van der Waals surface area (Å²) in [7, 11) is 0. The summed E-state index contributed by atoms with van der Waals surface area (Å²) < 4.78 is 5.64. The first-order valence-corrected chi connectivity index (χ1v) is 8.70. The monoisotopic (exact) mass is 325 g/mol. The van der Waals surface area contributed by atoms with Crippen molar-refractivity contribution in [3.05, 3.63) is 47.0 Å². The number of hydrogen-bond donors (Lipinski definition) is 0. The number of nitrogens with zero attached hydrogens (tertiary/aromatic N) is 1. The topological polar surface area (TPSA) is 46.6 Å². The number of carbonyl (C=O) groups excluding carboxylic acids is 2. The quantitative estimate of drug-likeness (QED) is 0.730. The molecule has 0 N–H and O–H groups in total. The van der Waals surface area contributed by atoms with Crippen molar-refractivity contribution in [1.29, 1.82) is 0 Å². The number of allylic oxidation sites excluding steroid dienone is 2. The van der Waals surface area contributed by atoms with Crippen LogP contribution >= 0.6 is 0 Å². The fourth-order valence-electron chi connectivity index (χ4n) is 4.52. The average Bonchev–Trinajstić information content (AvgIpc) is 3.02. The van der Waals surface area contributed by atoms with E-state index in [4.69, 9.17) is 4.74 Å². The molecule has 0 unspecified atom stereocenters. The van der Waals surface area contributed by atoms with E-state index in [2.05, 4.69) is 32.9 Å². The van der Waals surface area contributed by atoms with Gasteiger partial charge < -0.3 is 4.74 Å². The molecule has 4 heteroatoms. The minimum Gasteiger partial charge on any atom is -0.439 e. The Balaban J connectivity index is 1.69. The molecule has 1 heterocycles. The number of hydrogen-bond acceptors (Lipinski definition) is 3. The van der Waals surface area contributed by atoms with E-state index in [9.17, 15) is 9.59 Å². The van der Waals surface area contributed by atoms with Gasteiger partial charge in [-0.15, -0.1) is 0 Å². The van der Waals surface area contributed by atoms with Crippen molar-refractivity contribution in [1.82, 2.24) is 4.90 Å². The van der Waals surface area contributed by atoms with Crippen LogP contribution in [0.25, 0.3) is 0 Å². The predicted molar refractivity (Wildman–Crippen MR) is 90.4 cm³/mol. The molecule has 0 aromatic heterocycles. The van der Waals surface area contributed by atoms with Crippen molar-refractivity contribution in [3.8, 4) is 0 Å². The molecule has 0 spiro atoms. The minimum absolute atomic E-state index is 0.0721. The third-order valence-electron chi connectivity index (χ3n) is 5.91. The number of benzene rings is 1. The zero-order valence-electron chi connectivity index (χ0n) is 14.4. The number of rotatable bonds is 1. The van der Waals surface area contributed by atoms with Gasteiger partial charge in [0.05, 0.1) is 6.04 Å². The first-order chi connectivity index (χ1) is 11.4. The van der Waals surface area contributed by atoms with Gasteiger partial charge in [0.15, 0.2) is 6.10 Å². The molecule has 3 aliphatic rings. The van der Waals surface area contributed by atoms with Crippen LogP contribution in [-0.4, -0.2) is 22.9 Å². The van der Waals surface area contributed by atoms with Crippen molar-refractivity contribution < 1.29 is 14.3 Å². The molecular weight excluding hydrogens is 302 g/mol. The maximum Gasteiger partial charge on any atom is 0.417 e. The summed E-state index contributed by atoms with van der Waals surface area (Å²) in [6.07, 6.45) is 3.77. The summed E-state index contributed by atoms with van der Waals surface area (Å²) in [5.74, 6) is -0.184. The lowest BCUT2D eigenvalue weighted by Crippen LogP contribution is -2.49. The Morgan fingerprint density at radius 2 is 2.04 bits per heavy atom. The van der Waals surface area contributed by atoms with E-state index in [1.54, 1.807) is 0 Å². The van der Waals surface area contributed by atoms with Crippen LogP contribution in [0.3, 0.4) is 0 Å². The first kappa shape index (κ1) is 15.4. The zero-order chi connectivity index (χ0) is 17.1. The summed E-state index contributed by atoms with van der Waals surface area (Å²) in [4.78, 5) is 27.0. The molecule has 1 fully saturated rings. The third-order valence-corrected chi connectivity index (χ3v) is 5.91. The molecule has 1 aliphatic heterocycles. The molecule has 2 amide bonds. The van der Waals surface area contributed by atoms with Gasteiger partial charge >= 0.3 is 6.09 Å². The summed E-state index contributed by atoms with van der Waals surface area (Å²) in [6, 6.07) is 7.81.